The van der Waals surface area contributed by atoms with Gasteiger partial charge in [-0.1, -0.05) is 6.08 Å². The van der Waals surface area contributed by atoms with Gasteiger partial charge in [-0.05, 0) is 36.6 Å². The summed E-state index contributed by atoms with van der Waals surface area (Å²) in [6.07, 6.45) is 2.09. The Morgan fingerprint density at radius 3 is 2.92 bits per heavy atom. The summed E-state index contributed by atoms with van der Waals surface area (Å²) < 4.78 is 24.9. The molecule has 3 rings (SSSR count). The van der Waals surface area contributed by atoms with Crippen LogP contribution in [0.15, 0.2) is 24.3 Å². The van der Waals surface area contributed by atoms with E-state index in [9.17, 15) is 14.0 Å². The quantitative estimate of drug-likeness (QED) is 0.895. The molecule has 2 aliphatic heterocycles. The van der Waals surface area contributed by atoms with E-state index in [4.69, 9.17) is 15.2 Å². The molecule has 24 heavy (non-hydrogen) atoms. The van der Waals surface area contributed by atoms with Crippen molar-refractivity contribution in [2.75, 3.05) is 24.7 Å². The Bertz CT molecular complexity index is 689. The van der Waals surface area contributed by atoms with E-state index in [-0.39, 0.29) is 18.8 Å². The van der Waals surface area contributed by atoms with E-state index in [0.29, 0.717) is 37.3 Å². The van der Waals surface area contributed by atoms with E-state index in [1.54, 1.807) is 12.1 Å². The normalized spacial score (nSPS) is 20.7. The second-order valence-corrected chi connectivity index (χ2v) is 5.84. The number of rotatable bonds is 5. The van der Waals surface area contributed by atoms with E-state index in [2.05, 4.69) is 0 Å². The van der Waals surface area contributed by atoms with E-state index in [0.717, 1.165) is 5.57 Å². The topological polar surface area (TPSA) is 81.9 Å². The molecule has 6 nitrogen and oxygen atoms in total. The monoisotopic (exact) mass is 334 g/mol. The Hall–Kier alpha value is -2.41. The van der Waals surface area contributed by atoms with Crippen LogP contribution in [0.3, 0.4) is 0 Å². The minimum absolute atomic E-state index is 0.148. The molecule has 7 heteroatoms. The summed E-state index contributed by atoms with van der Waals surface area (Å²) in [6, 6.07) is 4.71. The fraction of sp³-hybridized carbons (Fsp3) is 0.412. The van der Waals surface area contributed by atoms with Crippen LogP contribution >= 0.6 is 0 Å². The zero-order chi connectivity index (χ0) is 17.1. The molecular weight excluding hydrogens is 315 g/mol. The summed E-state index contributed by atoms with van der Waals surface area (Å²) >= 11 is 0. The van der Waals surface area contributed by atoms with E-state index in [1.165, 1.54) is 11.0 Å². The maximum atomic E-state index is 14.4. The SMILES string of the molecule is NC(=O)CC[C@H]1CN(c2ccc(C3=CCOCC3)c(F)c2)C(=O)O1. The Balaban J connectivity index is 1.73. The van der Waals surface area contributed by atoms with E-state index >= 15 is 0 Å². The lowest BCUT2D eigenvalue weighted by molar-refractivity contribution is -0.118. The van der Waals surface area contributed by atoms with Crippen LogP contribution in [0.5, 0.6) is 0 Å². The highest BCUT2D eigenvalue weighted by Gasteiger charge is 2.32. The number of nitrogens with two attached hydrogens (primary N) is 1. The third-order valence-corrected chi connectivity index (χ3v) is 4.16. The summed E-state index contributed by atoms with van der Waals surface area (Å²) in [5.74, 6) is -0.821. The number of nitrogens with zero attached hydrogens (tertiary/aromatic N) is 1. The summed E-state index contributed by atoms with van der Waals surface area (Å²) in [5.41, 5.74) is 6.98. The van der Waals surface area contributed by atoms with Crippen molar-refractivity contribution in [3.05, 3.63) is 35.7 Å². The van der Waals surface area contributed by atoms with Crippen molar-refractivity contribution in [2.24, 2.45) is 5.73 Å². The minimum atomic E-state index is -0.540. The number of carbonyl (C=O) groups excluding carboxylic acids is 2. The molecule has 1 aromatic carbocycles. The molecule has 2 amide bonds. The van der Waals surface area contributed by atoms with Crippen molar-refractivity contribution in [1.29, 1.82) is 0 Å². The maximum Gasteiger partial charge on any atom is 0.414 e. The Morgan fingerprint density at radius 2 is 2.25 bits per heavy atom. The van der Waals surface area contributed by atoms with Crippen LogP contribution in [0, 0.1) is 5.82 Å². The fourth-order valence-electron chi connectivity index (χ4n) is 2.89. The number of amides is 2. The van der Waals surface area contributed by atoms with Crippen molar-refractivity contribution in [2.45, 2.75) is 25.4 Å². The van der Waals surface area contributed by atoms with Gasteiger partial charge in [-0.3, -0.25) is 9.69 Å². The van der Waals surface area contributed by atoms with Gasteiger partial charge in [0.25, 0.3) is 0 Å². The third-order valence-electron chi connectivity index (χ3n) is 4.16. The molecule has 0 unspecified atom stereocenters. The van der Waals surface area contributed by atoms with Gasteiger partial charge in [0.2, 0.25) is 5.91 Å². The number of anilines is 1. The maximum absolute atomic E-state index is 14.4. The van der Waals surface area contributed by atoms with Crippen LogP contribution < -0.4 is 10.6 Å². The van der Waals surface area contributed by atoms with E-state index < -0.39 is 18.1 Å². The number of carbonyl (C=O) groups is 2. The number of cyclic esters (lactones) is 1. The molecule has 0 radical (unpaired) electrons. The van der Waals surface area contributed by atoms with Gasteiger partial charge in [-0.2, -0.15) is 0 Å². The summed E-state index contributed by atoms with van der Waals surface area (Å²) in [5, 5.41) is 0. The molecule has 2 heterocycles. The molecular formula is C17H19FN2O4. The first-order valence-electron chi connectivity index (χ1n) is 7.88. The highest BCUT2D eigenvalue weighted by Crippen LogP contribution is 2.29. The molecule has 0 bridgehead atoms. The highest BCUT2D eigenvalue weighted by atomic mass is 19.1. The van der Waals surface area contributed by atoms with Crippen LogP contribution in [0.4, 0.5) is 14.9 Å². The van der Waals surface area contributed by atoms with Crippen molar-refractivity contribution >= 4 is 23.3 Å². The molecule has 0 saturated carbocycles. The summed E-state index contributed by atoms with van der Waals surface area (Å²) in [6.45, 7) is 1.34. The lowest BCUT2D eigenvalue weighted by Crippen LogP contribution is -2.25. The number of ether oxygens (including phenoxy) is 2. The minimum Gasteiger partial charge on any atom is -0.444 e. The largest absolute Gasteiger partial charge is 0.444 e. The highest BCUT2D eigenvalue weighted by molar-refractivity contribution is 5.90. The number of hydrogen-bond acceptors (Lipinski definition) is 4. The Morgan fingerprint density at radius 1 is 1.42 bits per heavy atom. The van der Waals surface area contributed by atoms with Crippen LogP contribution in [-0.2, 0) is 14.3 Å². The van der Waals surface area contributed by atoms with Crippen molar-refractivity contribution in [3.63, 3.8) is 0 Å². The van der Waals surface area contributed by atoms with Gasteiger partial charge >= 0.3 is 6.09 Å². The van der Waals surface area contributed by atoms with Gasteiger partial charge in [-0.15, -0.1) is 0 Å². The first-order valence-corrected chi connectivity index (χ1v) is 7.88. The molecule has 0 aliphatic carbocycles. The van der Waals surface area contributed by atoms with Gasteiger partial charge in [0, 0.05) is 12.0 Å². The molecule has 1 atom stereocenters. The molecule has 0 aromatic heterocycles. The predicted octanol–water partition coefficient (Wildman–Crippen LogP) is 2.22. The lowest BCUT2D eigenvalue weighted by Gasteiger charge is -2.17. The zero-order valence-corrected chi connectivity index (χ0v) is 13.2. The van der Waals surface area contributed by atoms with Gasteiger partial charge in [0.15, 0.2) is 0 Å². The van der Waals surface area contributed by atoms with Gasteiger partial charge < -0.3 is 15.2 Å². The average Bonchev–Trinajstić information content (AvgIpc) is 2.94. The first kappa shape index (κ1) is 16.4. The molecule has 128 valence electrons. The number of hydrogen-bond donors (Lipinski definition) is 1. The van der Waals surface area contributed by atoms with Gasteiger partial charge in [0.05, 0.1) is 25.4 Å². The molecule has 2 aliphatic rings. The number of halogens is 1. The van der Waals surface area contributed by atoms with Gasteiger partial charge in [-0.25, -0.2) is 9.18 Å². The van der Waals surface area contributed by atoms with Crippen LogP contribution in [0.2, 0.25) is 0 Å². The van der Waals surface area contributed by atoms with Crippen LogP contribution in [0.1, 0.15) is 24.8 Å². The van der Waals surface area contributed by atoms with Crippen LogP contribution in [0.25, 0.3) is 5.57 Å². The fourth-order valence-corrected chi connectivity index (χ4v) is 2.89. The van der Waals surface area contributed by atoms with Gasteiger partial charge in [0.1, 0.15) is 11.9 Å². The molecule has 0 spiro atoms. The first-order chi connectivity index (χ1) is 11.5. The van der Waals surface area contributed by atoms with Crippen molar-refractivity contribution in [3.8, 4) is 0 Å². The lowest BCUT2D eigenvalue weighted by atomic mass is 10.0. The van der Waals surface area contributed by atoms with Crippen molar-refractivity contribution < 1.29 is 23.5 Å². The molecule has 1 fully saturated rings. The van der Waals surface area contributed by atoms with E-state index in [1.807, 2.05) is 6.08 Å². The number of primary amides is 1. The second kappa shape index (κ2) is 7.00. The summed E-state index contributed by atoms with van der Waals surface area (Å²) in [4.78, 5) is 24.2. The zero-order valence-electron chi connectivity index (χ0n) is 13.2. The number of benzene rings is 1. The Kier molecular flexibility index (Phi) is 4.80. The molecule has 1 saturated heterocycles. The Labute approximate surface area is 139 Å². The van der Waals surface area contributed by atoms with Crippen LogP contribution in [-0.4, -0.2) is 37.9 Å². The smallest absolute Gasteiger partial charge is 0.414 e. The molecule has 2 N–H and O–H groups in total. The van der Waals surface area contributed by atoms with Crippen molar-refractivity contribution in [1.82, 2.24) is 0 Å². The second-order valence-electron chi connectivity index (χ2n) is 5.84. The average molecular weight is 334 g/mol. The standard InChI is InChI=1S/C17H19FN2O4/c18-15-9-12(1-3-14(15)11-5-7-23-8-6-11)20-10-13(24-17(20)22)2-4-16(19)21/h1,3,5,9,13H,2,4,6-8,10H2,(H2,19,21)/t13-/m0/s1. The predicted molar refractivity (Wildman–Crippen MR) is 85.9 cm³/mol. The molecule has 1 aromatic rings. The third kappa shape index (κ3) is 3.56. The summed E-state index contributed by atoms with van der Waals surface area (Å²) in [7, 11) is 0.